The summed E-state index contributed by atoms with van der Waals surface area (Å²) in [4.78, 5) is 0.592. The Labute approximate surface area is 88.7 Å². The first-order chi connectivity index (χ1) is 5.29. The molecular formula is C9H12BrNS. The highest BCUT2D eigenvalue weighted by Crippen LogP contribution is 2.01. The van der Waals surface area contributed by atoms with Crippen LogP contribution in [0, 0.1) is 0 Å². The molecule has 0 amide bonds. The standard InChI is InChI=1S/C9H11NS.BrH/c10-9(11)7-6-8-4-2-1-3-5-8;/h1-5H,6-7H2,(H2,10,11);1H. The van der Waals surface area contributed by atoms with Crippen LogP contribution >= 0.6 is 29.2 Å². The van der Waals surface area contributed by atoms with Gasteiger partial charge in [0.2, 0.25) is 0 Å². The molecule has 0 spiro atoms. The fourth-order valence-electron chi connectivity index (χ4n) is 0.912. The van der Waals surface area contributed by atoms with Gasteiger partial charge in [0.05, 0.1) is 4.99 Å². The van der Waals surface area contributed by atoms with Crippen molar-refractivity contribution in [1.82, 2.24) is 0 Å². The van der Waals surface area contributed by atoms with Gasteiger partial charge in [-0.15, -0.1) is 17.0 Å². The molecule has 1 aromatic rings. The molecule has 0 bridgehead atoms. The Bertz CT molecular complexity index is 236. The quantitative estimate of drug-likeness (QED) is 0.829. The lowest BCUT2D eigenvalue weighted by Crippen LogP contribution is -2.08. The highest BCUT2D eigenvalue weighted by molar-refractivity contribution is 8.93. The molecular weight excluding hydrogens is 234 g/mol. The molecule has 1 rings (SSSR count). The number of aryl methyl sites for hydroxylation is 1. The van der Waals surface area contributed by atoms with E-state index in [2.05, 4.69) is 12.1 Å². The van der Waals surface area contributed by atoms with Crippen molar-refractivity contribution >= 4 is 34.2 Å². The van der Waals surface area contributed by atoms with Crippen molar-refractivity contribution in [3.8, 4) is 0 Å². The molecule has 0 aliphatic carbocycles. The third-order valence-corrected chi connectivity index (χ3v) is 1.71. The second kappa shape index (κ2) is 6.14. The van der Waals surface area contributed by atoms with Crippen LogP contribution in [0.15, 0.2) is 30.3 Å². The van der Waals surface area contributed by atoms with E-state index in [-0.39, 0.29) is 17.0 Å². The topological polar surface area (TPSA) is 26.0 Å². The van der Waals surface area contributed by atoms with Gasteiger partial charge in [-0.2, -0.15) is 0 Å². The van der Waals surface area contributed by atoms with E-state index in [9.17, 15) is 0 Å². The summed E-state index contributed by atoms with van der Waals surface area (Å²) < 4.78 is 0. The fourth-order valence-corrected chi connectivity index (χ4v) is 1.01. The Balaban J connectivity index is 0.00000121. The fraction of sp³-hybridized carbons (Fsp3) is 0.222. The molecule has 2 N–H and O–H groups in total. The van der Waals surface area contributed by atoms with E-state index in [1.54, 1.807) is 0 Å². The SMILES string of the molecule is Br.NC(=S)CCc1ccccc1. The summed E-state index contributed by atoms with van der Waals surface area (Å²) in [5.74, 6) is 0. The first-order valence-corrected chi connectivity index (χ1v) is 4.02. The molecule has 1 nitrogen and oxygen atoms in total. The van der Waals surface area contributed by atoms with Crippen molar-refractivity contribution in [1.29, 1.82) is 0 Å². The minimum Gasteiger partial charge on any atom is -0.393 e. The molecule has 12 heavy (non-hydrogen) atoms. The van der Waals surface area contributed by atoms with Crippen LogP contribution in [-0.2, 0) is 6.42 Å². The number of hydrogen-bond donors (Lipinski definition) is 1. The summed E-state index contributed by atoms with van der Waals surface area (Å²) in [7, 11) is 0. The van der Waals surface area contributed by atoms with E-state index in [4.69, 9.17) is 18.0 Å². The highest BCUT2D eigenvalue weighted by atomic mass is 79.9. The molecule has 0 heterocycles. The van der Waals surface area contributed by atoms with E-state index in [1.807, 2.05) is 18.2 Å². The van der Waals surface area contributed by atoms with Gasteiger partial charge in [0.25, 0.3) is 0 Å². The Morgan fingerprint density at radius 2 is 1.83 bits per heavy atom. The van der Waals surface area contributed by atoms with Gasteiger partial charge in [-0.05, 0) is 12.0 Å². The first-order valence-electron chi connectivity index (χ1n) is 3.61. The average molecular weight is 246 g/mol. The Morgan fingerprint density at radius 3 is 2.33 bits per heavy atom. The van der Waals surface area contributed by atoms with E-state index < -0.39 is 0 Å². The van der Waals surface area contributed by atoms with Crippen LogP contribution in [0.2, 0.25) is 0 Å². The molecule has 66 valence electrons. The zero-order chi connectivity index (χ0) is 8.10. The van der Waals surface area contributed by atoms with Crippen LogP contribution in [0.25, 0.3) is 0 Å². The van der Waals surface area contributed by atoms with E-state index in [0.29, 0.717) is 4.99 Å². The lowest BCUT2D eigenvalue weighted by molar-refractivity contribution is 1.04. The highest BCUT2D eigenvalue weighted by Gasteiger charge is 1.91. The van der Waals surface area contributed by atoms with Gasteiger partial charge >= 0.3 is 0 Å². The van der Waals surface area contributed by atoms with Crippen LogP contribution in [0.3, 0.4) is 0 Å². The zero-order valence-electron chi connectivity index (χ0n) is 6.69. The minimum absolute atomic E-state index is 0. The molecule has 3 heteroatoms. The maximum Gasteiger partial charge on any atom is 0.0730 e. The summed E-state index contributed by atoms with van der Waals surface area (Å²) in [5, 5.41) is 0. The Morgan fingerprint density at radius 1 is 1.25 bits per heavy atom. The van der Waals surface area contributed by atoms with Gasteiger partial charge in [-0.3, -0.25) is 0 Å². The third kappa shape index (κ3) is 4.46. The van der Waals surface area contributed by atoms with Crippen molar-refractivity contribution in [2.45, 2.75) is 12.8 Å². The zero-order valence-corrected chi connectivity index (χ0v) is 9.22. The Hall–Kier alpha value is -0.410. The van der Waals surface area contributed by atoms with Crippen molar-refractivity contribution in [2.75, 3.05) is 0 Å². The second-order valence-electron chi connectivity index (χ2n) is 2.45. The second-order valence-corrected chi connectivity index (χ2v) is 2.98. The summed E-state index contributed by atoms with van der Waals surface area (Å²) in [6, 6.07) is 10.2. The molecule has 0 unspecified atom stereocenters. The number of nitrogens with two attached hydrogens (primary N) is 1. The monoisotopic (exact) mass is 245 g/mol. The number of benzene rings is 1. The van der Waals surface area contributed by atoms with Gasteiger partial charge in [-0.1, -0.05) is 42.5 Å². The molecule has 0 aliphatic rings. The number of halogens is 1. The smallest absolute Gasteiger partial charge is 0.0730 e. The molecule has 0 saturated carbocycles. The summed E-state index contributed by atoms with van der Waals surface area (Å²) in [6.45, 7) is 0. The maximum absolute atomic E-state index is 5.37. The predicted octanol–water partition coefficient (Wildman–Crippen LogP) is 2.48. The van der Waals surface area contributed by atoms with E-state index in [0.717, 1.165) is 12.8 Å². The van der Waals surface area contributed by atoms with Crippen molar-refractivity contribution < 1.29 is 0 Å². The lowest BCUT2D eigenvalue weighted by atomic mass is 10.1. The van der Waals surface area contributed by atoms with Gasteiger partial charge < -0.3 is 5.73 Å². The molecule has 0 saturated heterocycles. The van der Waals surface area contributed by atoms with Crippen molar-refractivity contribution in [3.05, 3.63) is 35.9 Å². The number of rotatable bonds is 3. The van der Waals surface area contributed by atoms with Crippen LogP contribution < -0.4 is 5.73 Å². The van der Waals surface area contributed by atoms with Crippen LogP contribution in [0.4, 0.5) is 0 Å². The maximum atomic E-state index is 5.37. The van der Waals surface area contributed by atoms with Gasteiger partial charge in [0.1, 0.15) is 0 Å². The lowest BCUT2D eigenvalue weighted by Gasteiger charge is -1.97. The first kappa shape index (κ1) is 11.6. The van der Waals surface area contributed by atoms with Crippen LogP contribution in [0.1, 0.15) is 12.0 Å². The van der Waals surface area contributed by atoms with Gasteiger partial charge in [0.15, 0.2) is 0 Å². The van der Waals surface area contributed by atoms with Gasteiger partial charge in [-0.25, -0.2) is 0 Å². The number of hydrogen-bond acceptors (Lipinski definition) is 1. The van der Waals surface area contributed by atoms with Crippen LogP contribution in [-0.4, -0.2) is 4.99 Å². The average Bonchev–Trinajstić information content (AvgIpc) is 2.03. The predicted molar refractivity (Wildman–Crippen MR) is 61.9 cm³/mol. The largest absolute Gasteiger partial charge is 0.393 e. The van der Waals surface area contributed by atoms with Crippen molar-refractivity contribution in [3.63, 3.8) is 0 Å². The summed E-state index contributed by atoms with van der Waals surface area (Å²) >= 11 is 4.77. The Kier molecular flexibility index (Phi) is 5.93. The summed E-state index contributed by atoms with van der Waals surface area (Å²) in [6.07, 6.45) is 1.76. The van der Waals surface area contributed by atoms with Gasteiger partial charge in [0, 0.05) is 6.42 Å². The molecule has 1 aromatic carbocycles. The van der Waals surface area contributed by atoms with E-state index >= 15 is 0 Å². The van der Waals surface area contributed by atoms with E-state index in [1.165, 1.54) is 5.56 Å². The van der Waals surface area contributed by atoms with Crippen LogP contribution in [0.5, 0.6) is 0 Å². The third-order valence-electron chi connectivity index (χ3n) is 1.50. The molecule has 0 radical (unpaired) electrons. The molecule has 0 aromatic heterocycles. The minimum atomic E-state index is 0. The summed E-state index contributed by atoms with van der Waals surface area (Å²) in [5.41, 5.74) is 6.66. The molecule has 0 atom stereocenters. The number of thiocarbonyl (C=S) groups is 1. The molecule has 0 fully saturated rings. The molecule has 0 aliphatic heterocycles. The van der Waals surface area contributed by atoms with Crippen molar-refractivity contribution in [2.24, 2.45) is 5.73 Å². The normalized spacial score (nSPS) is 8.67.